The minimum atomic E-state index is -0.744. The molecule has 0 saturated carbocycles. The number of rotatable bonds is 2. The lowest BCUT2D eigenvalue weighted by Gasteiger charge is -2.11. The number of amides is 2. The zero-order valence-corrected chi connectivity index (χ0v) is 8.62. The Morgan fingerprint density at radius 2 is 2.27 bits per heavy atom. The van der Waals surface area contributed by atoms with Crippen molar-refractivity contribution in [1.29, 1.82) is 5.26 Å². The maximum absolute atomic E-state index is 11.3. The van der Waals surface area contributed by atoms with E-state index >= 15 is 0 Å². The Morgan fingerprint density at radius 3 is 2.80 bits per heavy atom. The Labute approximate surface area is 88.2 Å². The quantitative estimate of drug-likeness (QED) is 0.426. The van der Waals surface area contributed by atoms with Crippen molar-refractivity contribution in [3.63, 3.8) is 0 Å². The third-order valence-electron chi connectivity index (χ3n) is 2.26. The highest BCUT2D eigenvalue weighted by molar-refractivity contribution is 6.35. The van der Waals surface area contributed by atoms with Crippen LogP contribution in [-0.4, -0.2) is 49.4 Å². The summed E-state index contributed by atoms with van der Waals surface area (Å²) in [5.41, 5.74) is 0. The van der Waals surface area contributed by atoms with Gasteiger partial charge in [0, 0.05) is 12.6 Å². The Morgan fingerprint density at radius 1 is 1.53 bits per heavy atom. The summed E-state index contributed by atoms with van der Waals surface area (Å²) in [7, 11) is 1.96. The van der Waals surface area contributed by atoms with E-state index in [1.807, 2.05) is 7.05 Å². The van der Waals surface area contributed by atoms with E-state index in [1.54, 1.807) is 6.07 Å². The van der Waals surface area contributed by atoms with Crippen molar-refractivity contribution in [3.05, 3.63) is 0 Å². The van der Waals surface area contributed by atoms with Gasteiger partial charge in [0.2, 0.25) is 0 Å². The first-order chi connectivity index (χ1) is 7.13. The average molecular weight is 210 g/mol. The van der Waals surface area contributed by atoms with Crippen molar-refractivity contribution in [2.24, 2.45) is 0 Å². The van der Waals surface area contributed by atoms with Gasteiger partial charge < -0.3 is 15.5 Å². The third kappa shape index (κ3) is 3.56. The molecule has 2 N–H and O–H groups in total. The van der Waals surface area contributed by atoms with Gasteiger partial charge in [-0.15, -0.1) is 0 Å². The van der Waals surface area contributed by atoms with Crippen LogP contribution in [-0.2, 0) is 9.59 Å². The molecule has 1 unspecified atom stereocenters. The Bertz CT molecular complexity index is 297. The van der Waals surface area contributed by atoms with E-state index in [0.29, 0.717) is 0 Å². The van der Waals surface area contributed by atoms with Crippen LogP contribution in [0.25, 0.3) is 0 Å². The molecule has 15 heavy (non-hydrogen) atoms. The first kappa shape index (κ1) is 11.5. The Balaban J connectivity index is 2.29. The molecule has 6 nitrogen and oxygen atoms in total. The van der Waals surface area contributed by atoms with Crippen molar-refractivity contribution in [2.75, 3.05) is 26.7 Å². The van der Waals surface area contributed by atoms with Crippen molar-refractivity contribution in [3.8, 4) is 6.07 Å². The summed E-state index contributed by atoms with van der Waals surface area (Å²) in [5, 5.41) is 13.0. The molecule has 1 rings (SSSR count). The highest BCUT2D eigenvalue weighted by Crippen LogP contribution is 2.05. The van der Waals surface area contributed by atoms with Gasteiger partial charge in [0.25, 0.3) is 0 Å². The van der Waals surface area contributed by atoms with Crippen LogP contribution in [0.5, 0.6) is 0 Å². The van der Waals surface area contributed by atoms with Crippen molar-refractivity contribution in [1.82, 2.24) is 15.5 Å². The number of nitriles is 1. The molecule has 1 heterocycles. The first-order valence-corrected chi connectivity index (χ1v) is 4.77. The molecule has 1 aliphatic heterocycles. The second kappa shape index (κ2) is 5.32. The van der Waals surface area contributed by atoms with Crippen molar-refractivity contribution >= 4 is 11.8 Å². The van der Waals surface area contributed by atoms with E-state index < -0.39 is 11.8 Å². The van der Waals surface area contributed by atoms with Crippen molar-refractivity contribution < 1.29 is 9.59 Å². The Hall–Kier alpha value is -1.61. The van der Waals surface area contributed by atoms with Crippen LogP contribution in [0.4, 0.5) is 0 Å². The largest absolute Gasteiger partial charge is 0.344 e. The predicted molar refractivity (Wildman–Crippen MR) is 52.7 cm³/mol. The first-order valence-electron chi connectivity index (χ1n) is 4.77. The summed E-state index contributed by atoms with van der Waals surface area (Å²) in [6, 6.07) is 1.77. The van der Waals surface area contributed by atoms with Gasteiger partial charge in [-0.2, -0.15) is 5.26 Å². The molecule has 82 valence electrons. The monoisotopic (exact) mass is 210 g/mol. The normalized spacial score (nSPS) is 20.7. The summed E-state index contributed by atoms with van der Waals surface area (Å²) >= 11 is 0. The van der Waals surface area contributed by atoms with Gasteiger partial charge in [0.15, 0.2) is 0 Å². The molecule has 2 amide bonds. The molecule has 6 heteroatoms. The van der Waals surface area contributed by atoms with Crippen LogP contribution in [0.2, 0.25) is 0 Å². The fourth-order valence-electron chi connectivity index (χ4n) is 1.50. The summed E-state index contributed by atoms with van der Waals surface area (Å²) in [5.74, 6) is -1.41. The highest BCUT2D eigenvalue weighted by atomic mass is 16.2. The lowest BCUT2D eigenvalue weighted by Crippen LogP contribution is -2.45. The van der Waals surface area contributed by atoms with E-state index in [1.165, 1.54) is 0 Å². The lowest BCUT2D eigenvalue weighted by atomic mass is 10.2. The summed E-state index contributed by atoms with van der Waals surface area (Å²) < 4.78 is 0. The second-order valence-electron chi connectivity index (χ2n) is 3.56. The number of nitrogens with zero attached hydrogens (tertiary/aromatic N) is 2. The molecule has 0 aromatic rings. The Kier molecular flexibility index (Phi) is 4.06. The van der Waals surface area contributed by atoms with Gasteiger partial charge in [-0.05, 0) is 20.0 Å². The number of likely N-dealkylation sites (N-methyl/N-ethyl adjacent to an activating group) is 1. The molecule has 0 aromatic heterocycles. The van der Waals surface area contributed by atoms with Crippen LogP contribution in [0.15, 0.2) is 0 Å². The van der Waals surface area contributed by atoms with Gasteiger partial charge in [0.05, 0.1) is 6.07 Å². The van der Waals surface area contributed by atoms with Gasteiger partial charge in [-0.3, -0.25) is 9.59 Å². The number of likely N-dealkylation sites (tertiary alicyclic amines) is 1. The van der Waals surface area contributed by atoms with Crippen LogP contribution < -0.4 is 10.6 Å². The number of carbonyl (C=O) groups is 2. The van der Waals surface area contributed by atoms with Crippen LogP contribution >= 0.6 is 0 Å². The fraction of sp³-hybridized carbons (Fsp3) is 0.667. The van der Waals surface area contributed by atoms with Crippen LogP contribution in [0.3, 0.4) is 0 Å². The number of nitrogens with one attached hydrogen (secondary N) is 2. The minimum absolute atomic E-state index is 0.0373. The average Bonchev–Trinajstić information content (AvgIpc) is 2.60. The zero-order valence-electron chi connectivity index (χ0n) is 8.62. The van der Waals surface area contributed by atoms with Crippen molar-refractivity contribution in [2.45, 2.75) is 12.5 Å². The molecule has 0 radical (unpaired) electrons. The van der Waals surface area contributed by atoms with Gasteiger partial charge >= 0.3 is 11.8 Å². The van der Waals surface area contributed by atoms with Gasteiger partial charge in [-0.1, -0.05) is 0 Å². The molecular formula is C9H14N4O2. The molecule has 1 fully saturated rings. The molecule has 0 aliphatic carbocycles. The maximum atomic E-state index is 11.3. The molecule has 1 aliphatic rings. The molecule has 0 bridgehead atoms. The van der Waals surface area contributed by atoms with Gasteiger partial charge in [-0.25, -0.2) is 0 Å². The van der Waals surface area contributed by atoms with E-state index in [-0.39, 0.29) is 12.6 Å². The topological polar surface area (TPSA) is 85.2 Å². The second-order valence-corrected chi connectivity index (χ2v) is 3.56. The molecular weight excluding hydrogens is 196 g/mol. The SMILES string of the molecule is CN1CCC(NC(=O)C(=O)NCC#N)C1. The number of hydrogen-bond donors (Lipinski definition) is 2. The smallest absolute Gasteiger partial charge is 0.310 e. The molecule has 0 aromatic carbocycles. The predicted octanol–water partition coefficient (Wildman–Crippen LogP) is -1.55. The highest BCUT2D eigenvalue weighted by Gasteiger charge is 2.23. The van der Waals surface area contributed by atoms with E-state index in [0.717, 1.165) is 19.5 Å². The molecule has 1 saturated heterocycles. The molecule has 0 spiro atoms. The number of hydrogen-bond acceptors (Lipinski definition) is 4. The van der Waals surface area contributed by atoms with Crippen LogP contribution in [0, 0.1) is 11.3 Å². The summed E-state index contributed by atoms with van der Waals surface area (Å²) in [4.78, 5) is 24.4. The summed E-state index contributed by atoms with van der Waals surface area (Å²) in [6.07, 6.45) is 0.855. The van der Waals surface area contributed by atoms with Crippen LogP contribution in [0.1, 0.15) is 6.42 Å². The van der Waals surface area contributed by atoms with E-state index in [4.69, 9.17) is 5.26 Å². The third-order valence-corrected chi connectivity index (χ3v) is 2.26. The standard InChI is InChI=1S/C9H14N4O2/c1-13-5-2-7(6-13)12-9(15)8(14)11-4-3-10/h7H,2,4-6H2,1H3,(H,11,14)(H,12,15). The fourth-order valence-corrected chi connectivity index (χ4v) is 1.50. The lowest BCUT2D eigenvalue weighted by molar-refractivity contribution is -0.139. The maximum Gasteiger partial charge on any atom is 0.310 e. The van der Waals surface area contributed by atoms with E-state index in [2.05, 4.69) is 15.5 Å². The minimum Gasteiger partial charge on any atom is -0.344 e. The van der Waals surface area contributed by atoms with E-state index in [9.17, 15) is 9.59 Å². The zero-order chi connectivity index (χ0) is 11.3. The van der Waals surface area contributed by atoms with Gasteiger partial charge in [0.1, 0.15) is 6.54 Å². The summed E-state index contributed by atoms with van der Waals surface area (Å²) in [6.45, 7) is 1.54. The molecule has 1 atom stereocenters. The number of carbonyl (C=O) groups excluding carboxylic acids is 2.